The summed E-state index contributed by atoms with van der Waals surface area (Å²) in [6.45, 7) is 3.90. The first-order valence-corrected chi connectivity index (χ1v) is 7.80. The monoisotopic (exact) mass is 353 g/mol. The standard InChI is InChI=1S/C18H16FN5O2/c1-12-9-14(13(2)23(12)16-5-3-15(19)4-6-16)10-21-22-18-8-7-17(11-20-18)24(25)26/h3-11H,1-2H3,(H,20,22)/b21-10-. The molecule has 0 aliphatic carbocycles. The van der Waals surface area contributed by atoms with Crippen molar-refractivity contribution in [1.29, 1.82) is 0 Å². The van der Waals surface area contributed by atoms with E-state index in [-0.39, 0.29) is 11.5 Å². The van der Waals surface area contributed by atoms with Crippen LogP contribution in [0.4, 0.5) is 15.9 Å². The quantitative estimate of drug-likeness (QED) is 0.427. The fraction of sp³-hybridized carbons (Fsp3) is 0.111. The van der Waals surface area contributed by atoms with Gasteiger partial charge < -0.3 is 4.57 Å². The number of anilines is 1. The number of nitro groups is 1. The number of hydrogen-bond donors (Lipinski definition) is 1. The van der Waals surface area contributed by atoms with Gasteiger partial charge in [-0.1, -0.05) is 0 Å². The van der Waals surface area contributed by atoms with E-state index in [2.05, 4.69) is 15.5 Å². The van der Waals surface area contributed by atoms with Crippen LogP contribution in [-0.2, 0) is 0 Å². The predicted molar refractivity (Wildman–Crippen MR) is 97.3 cm³/mol. The fourth-order valence-corrected chi connectivity index (χ4v) is 2.63. The lowest BCUT2D eigenvalue weighted by molar-refractivity contribution is -0.385. The van der Waals surface area contributed by atoms with Crippen LogP contribution >= 0.6 is 0 Å². The molecule has 2 heterocycles. The van der Waals surface area contributed by atoms with E-state index in [0.717, 1.165) is 28.8 Å². The number of rotatable bonds is 5. The van der Waals surface area contributed by atoms with Crippen molar-refractivity contribution in [2.45, 2.75) is 13.8 Å². The number of hydrazone groups is 1. The third-order valence-electron chi connectivity index (χ3n) is 3.90. The third kappa shape index (κ3) is 3.59. The summed E-state index contributed by atoms with van der Waals surface area (Å²) < 4.78 is 15.1. The maximum absolute atomic E-state index is 13.1. The van der Waals surface area contributed by atoms with E-state index in [4.69, 9.17) is 0 Å². The molecule has 26 heavy (non-hydrogen) atoms. The highest BCUT2D eigenvalue weighted by Crippen LogP contribution is 2.20. The molecule has 0 fully saturated rings. The summed E-state index contributed by atoms with van der Waals surface area (Å²) in [7, 11) is 0. The van der Waals surface area contributed by atoms with Crippen molar-refractivity contribution in [2.75, 3.05) is 5.43 Å². The normalized spacial score (nSPS) is 11.0. The molecule has 2 aromatic heterocycles. The van der Waals surface area contributed by atoms with Crippen molar-refractivity contribution in [3.63, 3.8) is 0 Å². The van der Waals surface area contributed by atoms with E-state index in [1.165, 1.54) is 24.3 Å². The average molecular weight is 353 g/mol. The van der Waals surface area contributed by atoms with Gasteiger partial charge in [-0.05, 0) is 50.2 Å². The van der Waals surface area contributed by atoms with Crippen molar-refractivity contribution in [2.24, 2.45) is 5.10 Å². The summed E-state index contributed by atoms with van der Waals surface area (Å²) in [5.41, 5.74) is 6.36. The molecule has 0 aliphatic heterocycles. The van der Waals surface area contributed by atoms with Gasteiger partial charge in [-0.25, -0.2) is 9.37 Å². The highest BCUT2D eigenvalue weighted by Gasteiger charge is 2.09. The second-order valence-corrected chi connectivity index (χ2v) is 5.67. The summed E-state index contributed by atoms with van der Waals surface area (Å²) in [4.78, 5) is 14.0. The Morgan fingerprint density at radius 3 is 2.58 bits per heavy atom. The number of aryl methyl sites for hydroxylation is 1. The Labute approximate surface area is 149 Å². The lowest BCUT2D eigenvalue weighted by atomic mass is 10.2. The van der Waals surface area contributed by atoms with Crippen LogP contribution in [0.2, 0.25) is 0 Å². The van der Waals surface area contributed by atoms with E-state index in [1.54, 1.807) is 18.3 Å². The topological polar surface area (TPSA) is 85.3 Å². The van der Waals surface area contributed by atoms with Crippen molar-refractivity contribution in [3.05, 3.63) is 81.5 Å². The number of pyridine rings is 1. The van der Waals surface area contributed by atoms with Gasteiger partial charge in [0, 0.05) is 28.7 Å². The largest absolute Gasteiger partial charge is 0.318 e. The lowest BCUT2D eigenvalue weighted by Gasteiger charge is -2.09. The molecule has 0 amide bonds. The minimum absolute atomic E-state index is 0.0811. The van der Waals surface area contributed by atoms with Crippen LogP contribution in [0.5, 0.6) is 0 Å². The van der Waals surface area contributed by atoms with Gasteiger partial charge in [0.15, 0.2) is 0 Å². The van der Waals surface area contributed by atoms with Crippen molar-refractivity contribution in [3.8, 4) is 5.69 Å². The molecule has 0 spiro atoms. The minimum Gasteiger partial charge on any atom is -0.318 e. The molecule has 0 aliphatic rings. The molecule has 0 unspecified atom stereocenters. The Hall–Kier alpha value is -3.55. The minimum atomic E-state index is -0.510. The Kier molecular flexibility index (Phi) is 4.74. The van der Waals surface area contributed by atoms with Crippen LogP contribution in [0.15, 0.2) is 53.8 Å². The van der Waals surface area contributed by atoms with Crippen LogP contribution in [-0.4, -0.2) is 20.7 Å². The molecule has 0 saturated carbocycles. The highest BCUT2D eigenvalue weighted by atomic mass is 19.1. The van der Waals surface area contributed by atoms with Gasteiger partial charge in [-0.3, -0.25) is 15.5 Å². The van der Waals surface area contributed by atoms with Crippen LogP contribution in [0.1, 0.15) is 17.0 Å². The van der Waals surface area contributed by atoms with Crippen LogP contribution in [0.3, 0.4) is 0 Å². The molecular formula is C18H16FN5O2. The molecule has 8 heteroatoms. The number of benzene rings is 1. The third-order valence-corrected chi connectivity index (χ3v) is 3.90. The number of nitrogens with zero attached hydrogens (tertiary/aromatic N) is 4. The Bertz CT molecular complexity index is 962. The molecule has 132 valence electrons. The Balaban J connectivity index is 1.78. The summed E-state index contributed by atoms with van der Waals surface area (Å²) in [6, 6.07) is 11.1. The predicted octanol–water partition coefficient (Wildman–Crippen LogP) is 3.98. The number of hydrogen-bond acceptors (Lipinski definition) is 5. The molecule has 0 saturated heterocycles. The molecule has 0 radical (unpaired) electrons. The van der Waals surface area contributed by atoms with E-state index in [1.807, 2.05) is 24.5 Å². The number of aromatic nitrogens is 2. The maximum atomic E-state index is 13.1. The summed E-state index contributed by atoms with van der Waals surface area (Å²) in [5.74, 6) is 0.122. The van der Waals surface area contributed by atoms with E-state index >= 15 is 0 Å². The molecule has 1 aromatic carbocycles. The van der Waals surface area contributed by atoms with Gasteiger partial charge in [0.2, 0.25) is 0 Å². The van der Waals surface area contributed by atoms with Crippen molar-refractivity contribution >= 4 is 17.7 Å². The summed E-state index contributed by atoms with van der Waals surface area (Å²) in [5, 5.41) is 14.7. The van der Waals surface area contributed by atoms with Gasteiger partial charge >= 0.3 is 0 Å². The maximum Gasteiger partial charge on any atom is 0.287 e. The van der Waals surface area contributed by atoms with E-state index in [0.29, 0.717) is 5.82 Å². The smallest absolute Gasteiger partial charge is 0.287 e. The number of nitrogens with one attached hydrogen (secondary N) is 1. The second kappa shape index (κ2) is 7.14. The van der Waals surface area contributed by atoms with Crippen LogP contribution < -0.4 is 5.43 Å². The first-order valence-electron chi connectivity index (χ1n) is 7.80. The Morgan fingerprint density at radius 1 is 1.23 bits per heavy atom. The second-order valence-electron chi connectivity index (χ2n) is 5.67. The van der Waals surface area contributed by atoms with Crippen molar-refractivity contribution < 1.29 is 9.31 Å². The van der Waals surface area contributed by atoms with Crippen LogP contribution in [0, 0.1) is 29.8 Å². The van der Waals surface area contributed by atoms with E-state index < -0.39 is 4.92 Å². The summed E-state index contributed by atoms with van der Waals surface area (Å²) in [6.07, 6.45) is 2.81. The molecule has 3 aromatic rings. The van der Waals surface area contributed by atoms with Gasteiger partial charge in [0.05, 0.1) is 11.1 Å². The zero-order valence-corrected chi connectivity index (χ0v) is 14.2. The molecule has 0 atom stereocenters. The fourth-order valence-electron chi connectivity index (χ4n) is 2.63. The highest BCUT2D eigenvalue weighted by molar-refractivity contribution is 5.82. The zero-order chi connectivity index (χ0) is 18.7. The SMILES string of the molecule is Cc1cc(/C=N\Nc2ccc([N+](=O)[O-])cn2)c(C)n1-c1ccc(F)cc1. The van der Waals surface area contributed by atoms with Gasteiger partial charge in [0.25, 0.3) is 5.69 Å². The first kappa shape index (κ1) is 17.3. The van der Waals surface area contributed by atoms with Crippen LogP contribution in [0.25, 0.3) is 5.69 Å². The van der Waals surface area contributed by atoms with Gasteiger partial charge in [0.1, 0.15) is 17.8 Å². The molecule has 1 N–H and O–H groups in total. The first-order chi connectivity index (χ1) is 12.5. The zero-order valence-electron chi connectivity index (χ0n) is 14.2. The van der Waals surface area contributed by atoms with Gasteiger partial charge in [-0.2, -0.15) is 5.10 Å². The van der Waals surface area contributed by atoms with Crippen molar-refractivity contribution in [1.82, 2.24) is 9.55 Å². The lowest BCUT2D eigenvalue weighted by Crippen LogP contribution is -2.00. The average Bonchev–Trinajstić information content (AvgIpc) is 2.90. The molecule has 0 bridgehead atoms. The molecule has 3 rings (SSSR count). The molecule has 7 nitrogen and oxygen atoms in total. The molecular weight excluding hydrogens is 337 g/mol. The van der Waals surface area contributed by atoms with E-state index in [9.17, 15) is 14.5 Å². The number of halogens is 1. The Morgan fingerprint density at radius 2 is 1.96 bits per heavy atom. The summed E-state index contributed by atoms with van der Waals surface area (Å²) >= 11 is 0. The van der Waals surface area contributed by atoms with Gasteiger partial charge in [-0.15, -0.1) is 0 Å².